The van der Waals surface area contributed by atoms with Crippen molar-refractivity contribution in [3.05, 3.63) is 57.5 Å². The first-order valence-electron chi connectivity index (χ1n) is 6.55. The average Bonchev–Trinajstić information content (AvgIpc) is 2.44. The maximum Gasteiger partial charge on any atom is 0.228 e. The Bertz CT molecular complexity index is 629. The molecule has 5 heteroatoms. The van der Waals surface area contributed by atoms with E-state index in [0.29, 0.717) is 23.7 Å². The van der Waals surface area contributed by atoms with E-state index in [4.69, 9.17) is 16.3 Å². The van der Waals surface area contributed by atoms with Gasteiger partial charge in [-0.3, -0.25) is 4.79 Å². The summed E-state index contributed by atoms with van der Waals surface area (Å²) in [5.41, 5.74) is 1.53. The quantitative estimate of drug-likeness (QED) is 0.832. The molecule has 0 unspecified atom stereocenters. The summed E-state index contributed by atoms with van der Waals surface area (Å²) >= 11 is 9.40. The van der Waals surface area contributed by atoms with Gasteiger partial charge in [0.05, 0.1) is 23.7 Å². The van der Waals surface area contributed by atoms with Gasteiger partial charge >= 0.3 is 0 Å². The molecule has 0 aromatic heterocycles. The van der Waals surface area contributed by atoms with E-state index >= 15 is 0 Å². The molecule has 0 bridgehead atoms. The molecular weight excluding hydrogens is 354 g/mol. The molecular formula is C16H15BrClNO2. The highest BCUT2D eigenvalue weighted by Gasteiger charge is 2.07. The van der Waals surface area contributed by atoms with Crippen LogP contribution in [0, 0.1) is 0 Å². The van der Waals surface area contributed by atoms with Crippen molar-refractivity contribution in [2.45, 2.75) is 13.3 Å². The van der Waals surface area contributed by atoms with Crippen LogP contribution in [0.4, 0.5) is 5.69 Å². The van der Waals surface area contributed by atoms with Gasteiger partial charge in [-0.05, 0) is 42.8 Å². The number of benzene rings is 2. The molecule has 110 valence electrons. The van der Waals surface area contributed by atoms with Crippen molar-refractivity contribution in [1.82, 2.24) is 0 Å². The fraction of sp³-hybridized carbons (Fsp3) is 0.188. The second kappa shape index (κ2) is 7.48. The third-order valence-electron chi connectivity index (χ3n) is 2.80. The second-order valence-corrected chi connectivity index (χ2v) is 5.75. The lowest BCUT2D eigenvalue weighted by atomic mass is 10.1. The van der Waals surface area contributed by atoms with Crippen molar-refractivity contribution in [3.63, 3.8) is 0 Å². The van der Waals surface area contributed by atoms with E-state index in [1.807, 2.05) is 37.3 Å². The molecule has 0 spiro atoms. The van der Waals surface area contributed by atoms with Crippen LogP contribution in [0.5, 0.6) is 5.75 Å². The van der Waals surface area contributed by atoms with Gasteiger partial charge in [-0.25, -0.2) is 0 Å². The normalized spacial score (nSPS) is 10.2. The minimum Gasteiger partial charge on any atom is -0.494 e. The lowest BCUT2D eigenvalue weighted by Crippen LogP contribution is -2.14. The van der Waals surface area contributed by atoms with Crippen LogP contribution in [0.1, 0.15) is 12.5 Å². The van der Waals surface area contributed by atoms with Crippen molar-refractivity contribution < 1.29 is 9.53 Å². The molecule has 0 aliphatic rings. The molecule has 0 radical (unpaired) electrons. The standard InChI is InChI=1S/C16H15BrClNO2/c1-2-21-13-6-3-11(4-7-13)9-16(20)19-15-8-5-12(17)10-14(15)18/h3-8,10H,2,9H2,1H3,(H,19,20). The van der Waals surface area contributed by atoms with E-state index < -0.39 is 0 Å². The highest BCUT2D eigenvalue weighted by molar-refractivity contribution is 9.10. The molecule has 0 fully saturated rings. The van der Waals surface area contributed by atoms with E-state index in [1.54, 1.807) is 12.1 Å². The number of halogens is 2. The summed E-state index contributed by atoms with van der Waals surface area (Å²) in [6, 6.07) is 12.8. The van der Waals surface area contributed by atoms with Crippen LogP contribution in [-0.2, 0) is 11.2 Å². The molecule has 0 atom stereocenters. The highest BCUT2D eigenvalue weighted by atomic mass is 79.9. The first-order chi connectivity index (χ1) is 10.1. The van der Waals surface area contributed by atoms with Crippen LogP contribution in [0.25, 0.3) is 0 Å². The van der Waals surface area contributed by atoms with Gasteiger partial charge in [0.1, 0.15) is 5.75 Å². The van der Waals surface area contributed by atoms with E-state index in [9.17, 15) is 4.79 Å². The first-order valence-corrected chi connectivity index (χ1v) is 7.72. The molecule has 3 nitrogen and oxygen atoms in total. The number of hydrogen-bond acceptors (Lipinski definition) is 2. The van der Waals surface area contributed by atoms with Crippen LogP contribution in [0.15, 0.2) is 46.9 Å². The van der Waals surface area contributed by atoms with E-state index in [-0.39, 0.29) is 5.91 Å². The first kappa shape index (κ1) is 15.9. The van der Waals surface area contributed by atoms with Crippen molar-refractivity contribution in [2.24, 2.45) is 0 Å². The largest absolute Gasteiger partial charge is 0.494 e. The van der Waals surface area contributed by atoms with Crippen LogP contribution in [-0.4, -0.2) is 12.5 Å². The van der Waals surface area contributed by atoms with E-state index in [0.717, 1.165) is 15.8 Å². The monoisotopic (exact) mass is 367 g/mol. The Hall–Kier alpha value is -1.52. The lowest BCUT2D eigenvalue weighted by Gasteiger charge is -2.08. The minimum atomic E-state index is -0.108. The Kier molecular flexibility index (Phi) is 5.65. The molecule has 1 amide bonds. The molecule has 2 aromatic carbocycles. The average molecular weight is 369 g/mol. The van der Waals surface area contributed by atoms with Crippen molar-refractivity contribution in [2.75, 3.05) is 11.9 Å². The number of anilines is 1. The third-order valence-corrected chi connectivity index (χ3v) is 3.61. The van der Waals surface area contributed by atoms with Crippen molar-refractivity contribution in [1.29, 1.82) is 0 Å². The number of hydrogen-bond donors (Lipinski definition) is 1. The summed E-state index contributed by atoms with van der Waals surface area (Å²) in [4.78, 5) is 12.0. The molecule has 0 saturated carbocycles. The lowest BCUT2D eigenvalue weighted by molar-refractivity contribution is -0.115. The van der Waals surface area contributed by atoms with Gasteiger partial charge in [-0.15, -0.1) is 0 Å². The molecule has 1 N–H and O–H groups in total. The number of amides is 1. The van der Waals surface area contributed by atoms with Crippen LogP contribution in [0.3, 0.4) is 0 Å². The van der Waals surface area contributed by atoms with Gasteiger partial charge in [0.15, 0.2) is 0 Å². The Labute approximate surface area is 137 Å². The summed E-state index contributed by atoms with van der Waals surface area (Å²) in [5, 5.41) is 3.31. The van der Waals surface area contributed by atoms with Crippen molar-refractivity contribution in [3.8, 4) is 5.75 Å². The van der Waals surface area contributed by atoms with Gasteiger partial charge < -0.3 is 10.1 Å². The smallest absolute Gasteiger partial charge is 0.228 e. The molecule has 2 aromatic rings. The minimum absolute atomic E-state index is 0.108. The van der Waals surface area contributed by atoms with Crippen LogP contribution in [0.2, 0.25) is 5.02 Å². The molecule has 0 saturated heterocycles. The Balaban J connectivity index is 1.98. The van der Waals surface area contributed by atoms with Gasteiger partial charge in [0.2, 0.25) is 5.91 Å². The Morgan fingerprint density at radius 3 is 2.57 bits per heavy atom. The Morgan fingerprint density at radius 1 is 1.24 bits per heavy atom. The molecule has 0 aliphatic carbocycles. The number of carbonyl (C=O) groups is 1. The maximum absolute atomic E-state index is 12.0. The van der Waals surface area contributed by atoms with Gasteiger partial charge in [-0.1, -0.05) is 39.7 Å². The predicted octanol–water partition coefficient (Wildman–Crippen LogP) is 4.68. The second-order valence-electron chi connectivity index (χ2n) is 4.43. The number of carbonyl (C=O) groups excluding carboxylic acids is 1. The maximum atomic E-state index is 12.0. The zero-order chi connectivity index (χ0) is 15.2. The Morgan fingerprint density at radius 2 is 1.95 bits per heavy atom. The fourth-order valence-corrected chi connectivity index (χ4v) is 2.56. The van der Waals surface area contributed by atoms with E-state index in [1.165, 1.54) is 0 Å². The molecule has 2 rings (SSSR count). The zero-order valence-electron chi connectivity index (χ0n) is 11.5. The van der Waals surface area contributed by atoms with Gasteiger partial charge in [0, 0.05) is 4.47 Å². The SMILES string of the molecule is CCOc1ccc(CC(=O)Nc2ccc(Br)cc2Cl)cc1. The summed E-state index contributed by atoms with van der Waals surface area (Å²) < 4.78 is 6.24. The molecule has 0 aliphatic heterocycles. The number of nitrogens with one attached hydrogen (secondary N) is 1. The highest BCUT2D eigenvalue weighted by Crippen LogP contribution is 2.25. The van der Waals surface area contributed by atoms with Crippen LogP contribution >= 0.6 is 27.5 Å². The van der Waals surface area contributed by atoms with Crippen LogP contribution < -0.4 is 10.1 Å². The third kappa shape index (κ3) is 4.76. The summed E-state index contributed by atoms with van der Waals surface area (Å²) in [7, 11) is 0. The summed E-state index contributed by atoms with van der Waals surface area (Å²) in [6.07, 6.45) is 0.290. The fourth-order valence-electron chi connectivity index (χ4n) is 1.84. The van der Waals surface area contributed by atoms with E-state index in [2.05, 4.69) is 21.2 Å². The number of ether oxygens (including phenoxy) is 1. The van der Waals surface area contributed by atoms with Crippen molar-refractivity contribution >= 4 is 39.1 Å². The zero-order valence-corrected chi connectivity index (χ0v) is 13.9. The van der Waals surface area contributed by atoms with Gasteiger partial charge in [0.25, 0.3) is 0 Å². The summed E-state index contributed by atoms with van der Waals surface area (Å²) in [5.74, 6) is 0.695. The topological polar surface area (TPSA) is 38.3 Å². The summed E-state index contributed by atoms with van der Waals surface area (Å²) in [6.45, 7) is 2.56. The molecule has 21 heavy (non-hydrogen) atoms. The predicted molar refractivity (Wildman–Crippen MR) is 89.1 cm³/mol. The van der Waals surface area contributed by atoms with Gasteiger partial charge in [-0.2, -0.15) is 0 Å². The number of rotatable bonds is 5. The molecule has 0 heterocycles.